The fourth-order valence-corrected chi connectivity index (χ4v) is 4.72. The van der Waals surface area contributed by atoms with Crippen molar-refractivity contribution in [2.75, 3.05) is 0 Å². The lowest BCUT2D eigenvalue weighted by atomic mass is 9.93. The summed E-state index contributed by atoms with van der Waals surface area (Å²) in [7, 11) is 0. The van der Waals surface area contributed by atoms with Crippen LogP contribution in [0.5, 0.6) is 0 Å². The molecule has 0 aliphatic heterocycles. The summed E-state index contributed by atoms with van der Waals surface area (Å²) in [6, 6.07) is 19.2. The molecule has 0 radical (unpaired) electrons. The third-order valence-electron chi connectivity index (χ3n) is 5.03. The van der Waals surface area contributed by atoms with Crippen molar-refractivity contribution in [3.63, 3.8) is 0 Å². The Labute approximate surface area is 187 Å². The number of rotatable bonds is 5. The van der Waals surface area contributed by atoms with Crippen LogP contribution in [0.3, 0.4) is 0 Å². The van der Waals surface area contributed by atoms with E-state index in [0.29, 0.717) is 5.69 Å². The summed E-state index contributed by atoms with van der Waals surface area (Å²) >= 11 is 7.58. The molecule has 6 nitrogen and oxygen atoms in total. The van der Waals surface area contributed by atoms with Crippen molar-refractivity contribution in [3.8, 4) is 22.5 Å². The fraction of sp³-hybridized carbons (Fsp3) is 0.0435. The Morgan fingerprint density at radius 2 is 2.00 bits per heavy atom. The van der Waals surface area contributed by atoms with Crippen LogP contribution in [0, 0.1) is 0 Å². The highest BCUT2D eigenvalue weighted by Gasteiger charge is 2.23. The largest absolute Gasteiger partial charge is 0.369 e. The minimum Gasteiger partial charge on any atom is -0.369 e. The molecular weight excluding hydrogens is 430 g/mol. The zero-order chi connectivity index (χ0) is 21.4. The Hall–Kier alpha value is -3.55. The maximum atomic E-state index is 12.3. The number of primary amides is 1. The molecule has 1 amide bonds. The molecular formula is C23H16ClN5OS. The van der Waals surface area contributed by atoms with Gasteiger partial charge in [-0.25, -0.2) is 14.5 Å². The number of thiophene rings is 1. The van der Waals surface area contributed by atoms with E-state index >= 15 is 0 Å². The number of amides is 1. The summed E-state index contributed by atoms with van der Waals surface area (Å²) in [6.07, 6.45) is 3.50. The van der Waals surface area contributed by atoms with Crippen molar-refractivity contribution in [1.29, 1.82) is 0 Å². The number of nitrogens with zero attached hydrogens (tertiary/aromatic N) is 4. The Bertz CT molecular complexity index is 1400. The minimum absolute atomic E-state index is 0.166. The average molecular weight is 446 g/mol. The van der Waals surface area contributed by atoms with E-state index in [2.05, 4.69) is 9.97 Å². The van der Waals surface area contributed by atoms with Crippen molar-refractivity contribution in [2.45, 2.75) is 5.92 Å². The lowest BCUT2D eigenvalue weighted by Crippen LogP contribution is -2.21. The molecule has 152 valence electrons. The predicted octanol–water partition coefficient (Wildman–Crippen LogP) is 4.79. The molecule has 5 aromatic rings. The molecule has 5 rings (SSSR count). The normalized spacial score (nSPS) is 12.2. The highest BCUT2D eigenvalue weighted by molar-refractivity contribution is 7.10. The standard InChI is InChI=1S/C23H16ClN5OS/c24-23-26-10-9-16(27-23)20-17-7-1-2-11-29(17)28-21(20)15-6-3-5-14(13-15)19(22(25)30)18-8-4-12-31-18/h1-13,19H,(H2,25,30). The summed E-state index contributed by atoms with van der Waals surface area (Å²) in [5.41, 5.74) is 10.6. The molecule has 0 bridgehead atoms. The summed E-state index contributed by atoms with van der Waals surface area (Å²) in [4.78, 5) is 21.6. The van der Waals surface area contributed by atoms with Gasteiger partial charge in [-0.2, -0.15) is 5.10 Å². The summed E-state index contributed by atoms with van der Waals surface area (Å²) < 4.78 is 1.80. The van der Waals surface area contributed by atoms with Gasteiger partial charge in [-0.3, -0.25) is 4.79 Å². The number of halogens is 1. The molecule has 1 atom stereocenters. The van der Waals surface area contributed by atoms with Crippen molar-refractivity contribution >= 4 is 34.4 Å². The van der Waals surface area contributed by atoms with Gasteiger partial charge < -0.3 is 5.73 Å². The zero-order valence-electron chi connectivity index (χ0n) is 16.1. The molecule has 0 saturated heterocycles. The molecule has 1 aromatic carbocycles. The second kappa shape index (κ2) is 7.94. The van der Waals surface area contributed by atoms with Gasteiger partial charge in [0.25, 0.3) is 0 Å². The summed E-state index contributed by atoms with van der Waals surface area (Å²) in [5, 5.41) is 6.90. The molecule has 8 heteroatoms. The van der Waals surface area contributed by atoms with Gasteiger partial charge >= 0.3 is 0 Å². The smallest absolute Gasteiger partial charge is 0.230 e. The summed E-state index contributed by atoms with van der Waals surface area (Å²) in [6.45, 7) is 0. The van der Waals surface area contributed by atoms with Gasteiger partial charge in [0.15, 0.2) is 0 Å². The number of carbonyl (C=O) groups is 1. The number of hydrogen-bond acceptors (Lipinski definition) is 5. The average Bonchev–Trinajstić information content (AvgIpc) is 3.42. The second-order valence-corrected chi connectivity index (χ2v) is 8.26. The van der Waals surface area contributed by atoms with Crippen LogP contribution >= 0.6 is 22.9 Å². The van der Waals surface area contributed by atoms with E-state index in [9.17, 15) is 4.79 Å². The van der Waals surface area contributed by atoms with Gasteiger partial charge in [-0.05, 0) is 52.9 Å². The molecule has 0 saturated carbocycles. The molecule has 0 spiro atoms. The van der Waals surface area contributed by atoms with Crippen molar-refractivity contribution < 1.29 is 4.79 Å². The number of benzene rings is 1. The van der Waals surface area contributed by atoms with Gasteiger partial charge in [0, 0.05) is 22.8 Å². The maximum Gasteiger partial charge on any atom is 0.230 e. The van der Waals surface area contributed by atoms with E-state index in [1.165, 1.54) is 11.3 Å². The second-order valence-electron chi connectivity index (χ2n) is 6.94. The first-order valence-corrected chi connectivity index (χ1v) is 10.8. The van der Waals surface area contributed by atoms with Crippen molar-refractivity contribution in [3.05, 3.63) is 94.2 Å². The van der Waals surface area contributed by atoms with Crippen LogP contribution in [0.15, 0.2) is 78.4 Å². The van der Waals surface area contributed by atoms with Gasteiger partial charge in [0.2, 0.25) is 11.2 Å². The highest BCUT2D eigenvalue weighted by atomic mass is 35.5. The fourth-order valence-electron chi connectivity index (χ4n) is 3.72. The molecule has 4 heterocycles. The lowest BCUT2D eigenvalue weighted by molar-refractivity contribution is -0.118. The van der Waals surface area contributed by atoms with E-state index in [-0.39, 0.29) is 5.28 Å². The third-order valence-corrected chi connectivity index (χ3v) is 6.15. The van der Waals surface area contributed by atoms with Gasteiger partial charge in [-0.1, -0.05) is 30.3 Å². The number of pyridine rings is 1. The van der Waals surface area contributed by atoms with E-state index in [1.807, 2.05) is 66.2 Å². The first-order valence-electron chi connectivity index (χ1n) is 9.51. The Kier molecular flexibility index (Phi) is 4.97. The first kappa shape index (κ1) is 19.4. The Morgan fingerprint density at radius 1 is 1.10 bits per heavy atom. The predicted molar refractivity (Wildman–Crippen MR) is 122 cm³/mol. The van der Waals surface area contributed by atoms with Crippen LogP contribution in [0.4, 0.5) is 0 Å². The Morgan fingerprint density at radius 3 is 2.77 bits per heavy atom. The van der Waals surface area contributed by atoms with E-state index in [0.717, 1.165) is 32.8 Å². The zero-order valence-corrected chi connectivity index (χ0v) is 17.7. The lowest BCUT2D eigenvalue weighted by Gasteiger charge is -2.13. The van der Waals surface area contributed by atoms with Gasteiger partial charge in [0.05, 0.1) is 22.7 Å². The molecule has 31 heavy (non-hydrogen) atoms. The molecule has 4 aromatic heterocycles. The van der Waals surface area contributed by atoms with Gasteiger partial charge in [0.1, 0.15) is 5.69 Å². The number of carbonyl (C=O) groups excluding carboxylic acids is 1. The van der Waals surface area contributed by atoms with Crippen LogP contribution in [-0.4, -0.2) is 25.5 Å². The quantitative estimate of drug-likeness (QED) is 0.394. The SMILES string of the molecule is NC(=O)C(c1cccc(-c2nn3ccccc3c2-c2ccnc(Cl)n2)c1)c1cccs1. The molecule has 0 aliphatic carbocycles. The number of fused-ring (bicyclic) bond motifs is 1. The summed E-state index contributed by atoms with van der Waals surface area (Å²) in [5.74, 6) is -0.911. The van der Waals surface area contributed by atoms with Crippen molar-refractivity contribution in [1.82, 2.24) is 19.6 Å². The molecule has 1 unspecified atom stereocenters. The maximum absolute atomic E-state index is 12.3. The van der Waals surface area contributed by atoms with Crippen LogP contribution in [-0.2, 0) is 4.79 Å². The van der Waals surface area contributed by atoms with Crippen LogP contribution in [0.1, 0.15) is 16.4 Å². The molecule has 0 aliphatic rings. The third kappa shape index (κ3) is 3.58. The number of nitrogens with two attached hydrogens (primary N) is 1. The number of aromatic nitrogens is 4. The van der Waals surface area contributed by atoms with E-state index < -0.39 is 11.8 Å². The topological polar surface area (TPSA) is 86.2 Å². The minimum atomic E-state index is -0.520. The van der Waals surface area contributed by atoms with Crippen LogP contribution in [0.25, 0.3) is 28.0 Å². The highest BCUT2D eigenvalue weighted by Crippen LogP contribution is 2.36. The Balaban J connectivity index is 1.71. The van der Waals surface area contributed by atoms with Crippen LogP contribution in [0.2, 0.25) is 5.28 Å². The molecule has 0 fully saturated rings. The van der Waals surface area contributed by atoms with Crippen molar-refractivity contribution in [2.24, 2.45) is 5.73 Å². The van der Waals surface area contributed by atoms with Crippen LogP contribution < -0.4 is 5.73 Å². The van der Waals surface area contributed by atoms with Gasteiger partial charge in [-0.15, -0.1) is 11.3 Å². The van der Waals surface area contributed by atoms with E-state index in [4.69, 9.17) is 22.4 Å². The molecule has 2 N–H and O–H groups in total. The monoisotopic (exact) mass is 445 g/mol. The first-order chi connectivity index (χ1) is 15.1. The van der Waals surface area contributed by atoms with E-state index in [1.54, 1.807) is 16.8 Å². The number of hydrogen-bond donors (Lipinski definition) is 1.